The lowest BCUT2D eigenvalue weighted by atomic mass is 9.71. The molecule has 3 aromatic rings. The van der Waals surface area contributed by atoms with Crippen LogP contribution in [0.5, 0.6) is 11.5 Å². The summed E-state index contributed by atoms with van der Waals surface area (Å²) in [5.41, 5.74) is 3.05. The maximum Gasteiger partial charge on any atom is 0.266 e. The van der Waals surface area contributed by atoms with E-state index < -0.39 is 201 Å². The van der Waals surface area contributed by atoms with Gasteiger partial charge in [-0.25, -0.2) is 0 Å². The number of hydrogen-bond acceptors (Lipinski definition) is 23. The van der Waals surface area contributed by atoms with E-state index in [9.17, 15) is 93.2 Å². The number of carbonyl (C=O) groups excluding carboxylic acids is 7. The predicted octanol–water partition coefficient (Wildman–Crippen LogP) is -1.42. The minimum atomic E-state index is -4.74. The maximum absolute atomic E-state index is 15.0. The fraction of sp³-hybridized carbons (Fsp3) is 0.615. The first kappa shape index (κ1) is 75.0. The van der Waals surface area contributed by atoms with Crippen LogP contribution in [0.1, 0.15) is 95.5 Å². The van der Waals surface area contributed by atoms with Crippen LogP contribution < -0.4 is 41.0 Å². The normalized spacial score (nSPS) is 28.5. The van der Waals surface area contributed by atoms with Crippen LogP contribution in [0.25, 0.3) is 11.1 Å². The number of nitrogens with zero attached hydrogens (tertiary/aromatic N) is 4. The number of β-amino-alcohol motifs (C(OH)–C–C–N with tert-alkyl or cyclic N) is 1. The third-order valence-electron chi connectivity index (χ3n) is 19.2. The molecule has 0 radical (unpaired) electrons. The average Bonchev–Trinajstić information content (AvgIpc) is 1.60. The predicted molar refractivity (Wildman–Crippen MR) is 351 cm³/mol. The van der Waals surface area contributed by atoms with Gasteiger partial charge < -0.3 is 96.7 Å². The van der Waals surface area contributed by atoms with Crippen LogP contribution in [0.3, 0.4) is 0 Å². The second-order valence-corrected chi connectivity index (χ2v) is 28.3. The molecule has 0 unspecified atom stereocenters. The largest absolute Gasteiger partial charge is 0.504 e. The van der Waals surface area contributed by atoms with Gasteiger partial charge in [-0.05, 0) is 110 Å². The van der Waals surface area contributed by atoms with E-state index in [1.54, 1.807) is 12.1 Å². The zero-order valence-electron chi connectivity index (χ0n) is 54.6. The molecule has 7 amide bonds. The number of amides is 7. The summed E-state index contributed by atoms with van der Waals surface area (Å²) in [6.07, 6.45) is -7.96. The summed E-state index contributed by atoms with van der Waals surface area (Å²) in [4.78, 5) is 109. The third-order valence-corrected chi connectivity index (χ3v) is 19.6. The first-order valence-electron chi connectivity index (χ1n) is 32.7. The van der Waals surface area contributed by atoms with Gasteiger partial charge in [-0.15, -0.1) is 0 Å². The first-order chi connectivity index (χ1) is 45.3. The van der Waals surface area contributed by atoms with Gasteiger partial charge in [0.05, 0.1) is 55.9 Å². The molecular formula is C65H96N10O20S. The summed E-state index contributed by atoms with van der Waals surface area (Å²) in [5, 5.41) is 114. The van der Waals surface area contributed by atoms with Crippen molar-refractivity contribution in [2.75, 3.05) is 70.5 Å². The molecule has 13 atom stereocenters. The number of aromatic hydroxyl groups is 1. The summed E-state index contributed by atoms with van der Waals surface area (Å²) in [6, 6.07) is 5.82. The van der Waals surface area contributed by atoms with E-state index in [4.69, 9.17) is 0 Å². The van der Waals surface area contributed by atoms with Crippen LogP contribution in [0.4, 0.5) is 5.69 Å². The monoisotopic (exact) mass is 1370 g/mol. The van der Waals surface area contributed by atoms with Crippen molar-refractivity contribution in [2.24, 2.45) is 17.3 Å². The van der Waals surface area contributed by atoms with Gasteiger partial charge >= 0.3 is 0 Å². The van der Waals surface area contributed by atoms with Gasteiger partial charge in [0, 0.05) is 88.3 Å². The van der Waals surface area contributed by atoms with Crippen LogP contribution in [-0.2, 0) is 35.2 Å². The van der Waals surface area contributed by atoms with Crippen LogP contribution in [0.15, 0.2) is 66.7 Å². The highest BCUT2D eigenvalue weighted by atomic mass is 32.3. The van der Waals surface area contributed by atoms with Gasteiger partial charge in [0.25, 0.3) is 17.1 Å². The van der Waals surface area contributed by atoms with Crippen molar-refractivity contribution in [2.45, 2.75) is 171 Å². The zero-order valence-corrected chi connectivity index (χ0v) is 55.5. The number of piperazine rings is 1. The van der Waals surface area contributed by atoms with Crippen LogP contribution >= 0.6 is 11.2 Å². The van der Waals surface area contributed by atoms with Crippen LogP contribution in [-0.4, -0.2) is 266 Å². The number of rotatable bonds is 18. The number of aliphatic hydroxyl groups is 8. The molecule has 532 valence electrons. The number of carbonyl (C=O) groups is 7. The second-order valence-electron chi connectivity index (χ2n) is 27.2. The van der Waals surface area contributed by atoms with Gasteiger partial charge in [0.15, 0.2) is 11.5 Å². The Bertz CT molecular complexity index is 3160. The van der Waals surface area contributed by atoms with Crippen LogP contribution in [0.2, 0.25) is 0 Å². The molecule has 31 heteroatoms. The fourth-order valence-corrected chi connectivity index (χ4v) is 13.9. The van der Waals surface area contributed by atoms with E-state index in [1.165, 1.54) is 50.8 Å². The molecule has 5 fully saturated rings. The molecule has 4 saturated heterocycles. The second kappa shape index (κ2) is 32.7. The molecule has 5 aliphatic rings. The van der Waals surface area contributed by atoms with Crippen molar-refractivity contribution >= 4 is 58.2 Å². The molecule has 96 heavy (non-hydrogen) atoms. The Morgan fingerprint density at radius 1 is 0.708 bits per heavy atom. The molecule has 0 aromatic heterocycles. The molecule has 0 spiro atoms. The Morgan fingerprint density at radius 3 is 1.92 bits per heavy atom. The molecule has 18 N–H and O–H groups in total. The van der Waals surface area contributed by atoms with E-state index in [1.807, 2.05) is 12.1 Å². The number of anilines is 1. The van der Waals surface area contributed by atoms with E-state index in [-0.39, 0.29) is 24.2 Å². The number of phenolic OH excluding ortho intramolecular Hbond substituents is 1. The molecule has 0 bridgehead atoms. The quantitative estimate of drug-likeness (QED) is 0.0695. The van der Waals surface area contributed by atoms with Gasteiger partial charge in [-0.3, -0.25) is 52.1 Å². The minimum Gasteiger partial charge on any atom is -0.504 e. The molecule has 1 aliphatic carbocycles. The van der Waals surface area contributed by atoms with E-state index in [0.29, 0.717) is 11.5 Å². The van der Waals surface area contributed by atoms with Gasteiger partial charge in [-0.1, -0.05) is 58.0 Å². The highest BCUT2D eigenvalue weighted by Crippen LogP contribution is 2.42. The Hall–Kier alpha value is -6.82. The number of benzene rings is 3. The smallest absolute Gasteiger partial charge is 0.266 e. The summed E-state index contributed by atoms with van der Waals surface area (Å²) >= 11 is -4.74. The van der Waals surface area contributed by atoms with Gasteiger partial charge in [0.2, 0.25) is 35.4 Å². The van der Waals surface area contributed by atoms with Crippen molar-refractivity contribution in [1.29, 1.82) is 0 Å². The van der Waals surface area contributed by atoms with E-state index in [0.717, 1.165) is 77.8 Å². The fourth-order valence-electron chi connectivity index (χ4n) is 13.5. The minimum absolute atomic E-state index is 0.0562. The van der Waals surface area contributed by atoms with Gasteiger partial charge in [-0.2, -0.15) is 0 Å². The third kappa shape index (κ3) is 19.1. The number of phenols is 1. The lowest BCUT2D eigenvalue weighted by molar-refractivity contribution is -0.147. The van der Waals surface area contributed by atoms with E-state index in [2.05, 4.69) is 78.8 Å². The molecule has 1 saturated carbocycles. The van der Waals surface area contributed by atoms with Crippen molar-refractivity contribution in [3.8, 4) is 22.6 Å². The van der Waals surface area contributed by atoms with Crippen molar-refractivity contribution in [3.05, 3.63) is 77.9 Å². The Balaban J connectivity index is 1.05. The number of nitrogens with one attached hydrogen (secondary N) is 6. The summed E-state index contributed by atoms with van der Waals surface area (Å²) in [7, 11) is 0. The molecule has 8 rings (SSSR count). The number of hydrogen-bond donors (Lipinski definition) is 18. The molecule has 3 aromatic carbocycles. The highest BCUT2D eigenvalue weighted by Gasteiger charge is 2.50. The standard InChI is InChI=1S/C65H96N10O20S/c1-35-31-75-56(57(35)84)62(89)67-30-45(79)28-47(68-58(85)40-9-7-38(8-10-40)39-11-15-43(16-12-39)72-22-24-73(25-23-72)44-17-13-41(14-18-44)65(3,4)5)59(86)69-53(36(2)78)63(90)74-32-46(80)29-48(74)60(87)70-54(51(83)26-37-6-19-49(81)52(27-37)95-96(92,93)94)61(88)71-55(64(75)91)50(82)20-21-66-42(33-76)34-77/h6-12,15-16,19,27,35-36,41-42,44-48,50-51,53-57,66,76-84,92-94H,13-14,17-18,20-26,28-34H2,1-5H3,(H,67,89)(H,68,85)(H,69,86)(H,70,87)(H,71,88)/t35-,36+,41?,44?,45+,46+,47-,48-,50+,51+,53-,54-,55-,56-,57-/m0/s1. The SMILES string of the molecule is C[C@@H](O)[C@@H]1NC(=O)[C@@H](NC(=O)c2ccc(-c3ccc(N4CCN(C5CCC(C(C)(C)C)CC5)CC4)cc3)cc2)C[C@@H](O)CNC(=O)[C@@H]2[C@@H](O)[C@@H](C)CN2C(=O)[C@H]([C@H](O)CCNC(CO)CO)NC(=O)[C@H]([C@H](O)Cc2ccc(O)c(OS(O)(O)O)c2)NC(=O)[C@@H]2C[C@@H](O)CN2C1=O. The first-order valence-corrected chi connectivity index (χ1v) is 34.1. The summed E-state index contributed by atoms with van der Waals surface area (Å²) < 4.78 is 33.4. The topological polar surface area (TPSA) is 457 Å². The summed E-state index contributed by atoms with van der Waals surface area (Å²) in [5.74, 6) is -9.58. The van der Waals surface area contributed by atoms with E-state index >= 15 is 0 Å². The number of fused-ring (bicyclic) bond motifs is 2. The molecule has 30 nitrogen and oxygen atoms in total. The Kier molecular flexibility index (Phi) is 25.5. The molecule has 4 heterocycles. The zero-order chi connectivity index (χ0) is 70.1. The lowest BCUT2D eigenvalue weighted by Crippen LogP contribution is -2.64. The summed E-state index contributed by atoms with van der Waals surface area (Å²) in [6.45, 7) is 10.4. The average molecular weight is 1370 g/mol. The maximum atomic E-state index is 15.0. The van der Waals surface area contributed by atoms with Crippen molar-refractivity contribution in [1.82, 2.24) is 46.6 Å². The van der Waals surface area contributed by atoms with Crippen LogP contribution in [0, 0.1) is 17.3 Å². The van der Waals surface area contributed by atoms with Crippen molar-refractivity contribution in [3.63, 3.8) is 0 Å². The molecule has 4 aliphatic heterocycles. The highest BCUT2D eigenvalue weighted by molar-refractivity contribution is 8.15. The number of aliphatic hydroxyl groups excluding tert-OH is 8. The van der Waals surface area contributed by atoms with Crippen molar-refractivity contribution < 1.29 is 97.4 Å². The molecular weight excluding hydrogens is 1270 g/mol. The van der Waals surface area contributed by atoms with Gasteiger partial charge in [0.1, 0.15) is 36.3 Å². The lowest BCUT2D eigenvalue weighted by Gasteiger charge is -2.44. The Labute approximate surface area is 559 Å². The Morgan fingerprint density at radius 2 is 1.31 bits per heavy atom.